The summed E-state index contributed by atoms with van der Waals surface area (Å²) in [5.41, 5.74) is 0.715. The van der Waals surface area contributed by atoms with E-state index in [1.165, 1.54) is 22.7 Å². The number of carbonyl (C=O) groups excluding carboxylic acids is 1. The van der Waals surface area contributed by atoms with Crippen LogP contribution in [0.15, 0.2) is 56.7 Å². The minimum atomic E-state index is -0.403. The molecule has 124 valence electrons. The number of furan rings is 1. The number of halogens is 1. The van der Waals surface area contributed by atoms with Gasteiger partial charge in [-0.05, 0) is 37.3 Å². The van der Waals surface area contributed by atoms with Crippen molar-refractivity contribution in [2.45, 2.75) is 17.3 Å². The second-order valence-electron chi connectivity index (χ2n) is 4.91. The molecule has 1 atom stereocenters. The van der Waals surface area contributed by atoms with Crippen LogP contribution in [-0.4, -0.2) is 26.0 Å². The molecule has 3 rings (SSSR count). The fraction of sp³-hybridized carbons (Fsp3) is 0.133. The summed E-state index contributed by atoms with van der Waals surface area (Å²) < 4.78 is 7.47. The van der Waals surface area contributed by atoms with Crippen LogP contribution in [0.5, 0.6) is 0 Å². The maximum absolute atomic E-state index is 12.3. The van der Waals surface area contributed by atoms with Gasteiger partial charge in [0.1, 0.15) is 0 Å². The molecule has 2 heterocycles. The van der Waals surface area contributed by atoms with Gasteiger partial charge in [-0.15, -0.1) is 10.2 Å². The summed E-state index contributed by atoms with van der Waals surface area (Å²) in [6, 6.07) is 10.9. The molecule has 24 heavy (non-hydrogen) atoms. The quantitative estimate of drug-likeness (QED) is 0.497. The monoisotopic (exact) mass is 407 g/mol. The lowest BCUT2D eigenvalue weighted by Gasteiger charge is -2.11. The van der Waals surface area contributed by atoms with Gasteiger partial charge < -0.3 is 15.6 Å². The molecule has 0 saturated carbocycles. The van der Waals surface area contributed by atoms with Crippen molar-refractivity contribution >= 4 is 39.3 Å². The number of nitrogens with one attached hydrogen (secondary N) is 1. The van der Waals surface area contributed by atoms with E-state index in [1.807, 2.05) is 24.3 Å². The zero-order chi connectivity index (χ0) is 17.1. The van der Waals surface area contributed by atoms with Gasteiger partial charge in [0.25, 0.3) is 0 Å². The number of hydrogen-bond donors (Lipinski definition) is 2. The van der Waals surface area contributed by atoms with Crippen molar-refractivity contribution in [1.82, 2.24) is 14.9 Å². The maximum Gasteiger partial charge on any atom is 0.237 e. The molecule has 0 spiro atoms. The van der Waals surface area contributed by atoms with Crippen molar-refractivity contribution in [2.24, 2.45) is 0 Å². The summed E-state index contributed by atoms with van der Waals surface area (Å²) >= 11 is 4.59. The minimum absolute atomic E-state index is 0.152. The Morgan fingerprint density at radius 1 is 1.38 bits per heavy atom. The van der Waals surface area contributed by atoms with Crippen LogP contribution in [0.1, 0.15) is 6.92 Å². The van der Waals surface area contributed by atoms with E-state index in [0.717, 1.165) is 4.47 Å². The molecule has 0 aliphatic heterocycles. The highest BCUT2D eigenvalue weighted by Crippen LogP contribution is 2.26. The molecule has 2 aromatic heterocycles. The van der Waals surface area contributed by atoms with E-state index in [0.29, 0.717) is 22.4 Å². The van der Waals surface area contributed by atoms with E-state index in [1.54, 1.807) is 19.1 Å². The summed E-state index contributed by atoms with van der Waals surface area (Å²) in [5, 5.41) is 10.9. The second-order valence-corrected chi connectivity index (χ2v) is 7.14. The summed E-state index contributed by atoms with van der Waals surface area (Å²) in [4.78, 5) is 12.3. The topological polar surface area (TPSA) is 99.0 Å². The Morgan fingerprint density at radius 2 is 2.21 bits per heavy atom. The van der Waals surface area contributed by atoms with E-state index < -0.39 is 5.25 Å². The van der Waals surface area contributed by atoms with Crippen LogP contribution in [0.3, 0.4) is 0 Å². The van der Waals surface area contributed by atoms with Gasteiger partial charge in [-0.3, -0.25) is 4.79 Å². The van der Waals surface area contributed by atoms with Crippen molar-refractivity contribution in [2.75, 3.05) is 11.2 Å². The third-order valence-corrected chi connectivity index (χ3v) is 4.70. The zero-order valence-corrected chi connectivity index (χ0v) is 15.0. The van der Waals surface area contributed by atoms with Crippen molar-refractivity contribution in [3.05, 3.63) is 47.1 Å². The van der Waals surface area contributed by atoms with Crippen LogP contribution in [0.25, 0.3) is 11.6 Å². The number of nitrogens with two attached hydrogens (primary N) is 1. The second kappa shape index (κ2) is 7.10. The lowest BCUT2D eigenvalue weighted by atomic mass is 10.3. The Balaban J connectivity index is 1.68. The number of rotatable bonds is 5. The third kappa shape index (κ3) is 3.62. The highest BCUT2D eigenvalue weighted by molar-refractivity contribution is 9.10. The molecule has 1 aromatic carbocycles. The van der Waals surface area contributed by atoms with E-state index in [-0.39, 0.29) is 5.91 Å². The Labute approximate surface area is 150 Å². The molecule has 0 unspecified atom stereocenters. The largest absolute Gasteiger partial charge is 0.461 e. The normalized spacial score (nSPS) is 12.1. The lowest BCUT2D eigenvalue weighted by molar-refractivity contribution is -0.115. The van der Waals surface area contributed by atoms with E-state index in [4.69, 9.17) is 10.3 Å². The minimum Gasteiger partial charge on any atom is -0.461 e. The predicted octanol–water partition coefficient (Wildman–Crippen LogP) is 3.13. The summed E-state index contributed by atoms with van der Waals surface area (Å²) in [7, 11) is 0. The first-order chi connectivity index (χ1) is 11.5. The van der Waals surface area contributed by atoms with Gasteiger partial charge in [0.2, 0.25) is 16.9 Å². The number of anilines is 1. The van der Waals surface area contributed by atoms with Crippen LogP contribution < -0.4 is 11.2 Å². The Hall–Kier alpha value is -2.26. The average molecular weight is 408 g/mol. The fourth-order valence-electron chi connectivity index (χ4n) is 1.95. The molecule has 9 heteroatoms. The van der Waals surface area contributed by atoms with Crippen LogP contribution in [0.2, 0.25) is 0 Å². The molecular weight excluding hydrogens is 394 g/mol. The molecule has 0 radical (unpaired) electrons. The van der Waals surface area contributed by atoms with Crippen molar-refractivity contribution in [3.8, 4) is 11.6 Å². The number of amides is 1. The van der Waals surface area contributed by atoms with Crippen LogP contribution in [0.4, 0.5) is 5.69 Å². The molecule has 0 fully saturated rings. The maximum atomic E-state index is 12.3. The van der Waals surface area contributed by atoms with Crippen LogP contribution >= 0.6 is 27.7 Å². The van der Waals surface area contributed by atoms with E-state index in [2.05, 4.69) is 31.4 Å². The van der Waals surface area contributed by atoms with E-state index >= 15 is 0 Å². The lowest BCUT2D eigenvalue weighted by Crippen LogP contribution is -2.23. The Bertz CT molecular complexity index is 849. The van der Waals surface area contributed by atoms with Crippen LogP contribution in [0, 0.1) is 0 Å². The van der Waals surface area contributed by atoms with Crippen molar-refractivity contribution in [3.63, 3.8) is 0 Å². The van der Waals surface area contributed by atoms with Gasteiger partial charge in [0.15, 0.2) is 5.76 Å². The van der Waals surface area contributed by atoms with Crippen molar-refractivity contribution < 1.29 is 9.21 Å². The first-order valence-corrected chi connectivity index (χ1v) is 8.69. The average Bonchev–Trinajstić information content (AvgIpc) is 3.18. The van der Waals surface area contributed by atoms with Gasteiger partial charge >= 0.3 is 0 Å². The SMILES string of the molecule is C[C@@H](Sc1nnc(-c2ccco2)n1N)C(=O)Nc1cccc(Br)c1. The molecule has 3 N–H and O–H groups in total. The Kier molecular flexibility index (Phi) is 4.91. The number of hydrogen-bond acceptors (Lipinski definition) is 6. The molecular formula is C15H14BrN5O2S. The number of nitrogens with zero attached hydrogens (tertiary/aromatic N) is 3. The smallest absolute Gasteiger partial charge is 0.237 e. The van der Waals surface area contributed by atoms with Gasteiger partial charge in [-0.1, -0.05) is 33.8 Å². The van der Waals surface area contributed by atoms with Gasteiger partial charge in [0.05, 0.1) is 11.5 Å². The van der Waals surface area contributed by atoms with Crippen molar-refractivity contribution in [1.29, 1.82) is 0 Å². The molecule has 0 saturated heterocycles. The van der Waals surface area contributed by atoms with Gasteiger partial charge in [-0.2, -0.15) is 0 Å². The highest BCUT2D eigenvalue weighted by Gasteiger charge is 2.20. The van der Waals surface area contributed by atoms with Gasteiger partial charge in [-0.25, -0.2) is 4.68 Å². The first-order valence-electron chi connectivity index (χ1n) is 7.02. The molecule has 0 aliphatic rings. The molecule has 7 nitrogen and oxygen atoms in total. The van der Waals surface area contributed by atoms with Crippen LogP contribution in [-0.2, 0) is 4.79 Å². The number of carbonyl (C=O) groups is 1. The summed E-state index contributed by atoms with van der Waals surface area (Å²) in [6.45, 7) is 1.78. The number of thioether (sulfide) groups is 1. The number of aromatic nitrogens is 3. The molecule has 1 amide bonds. The molecule has 0 aliphatic carbocycles. The summed E-state index contributed by atoms with van der Waals surface area (Å²) in [6.07, 6.45) is 1.53. The van der Waals surface area contributed by atoms with Gasteiger partial charge in [0, 0.05) is 10.2 Å². The Morgan fingerprint density at radius 3 is 2.92 bits per heavy atom. The standard InChI is InChI=1S/C15H14BrN5O2S/c1-9(14(22)18-11-5-2-4-10(16)8-11)24-15-20-19-13(21(15)17)12-6-3-7-23-12/h2-9H,17H2,1H3,(H,18,22)/t9-/m1/s1. The number of benzene rings is 1. The highest BCUT2D eigenvalue weighted by atomic mass is 79.9. The zero-order valence-electron chi connectivity index (χ0n) is 12.6. The van der Waals surface area contributed by atoms with E-state index in [9.17, 15) is 4.79 Å². The first kappa shape index (κ1) is 16.6. The fourth-order valence-corrected chi connectivity index (χ4v) is 3.12. The third-order valence-electron chi connectivity index (χ3n) is 3.15. The molecule has 3 aromatic rings. The predicted molar refractivity (Wildman–Crippen MR) is 96.0 cm³/mol. The number of nitrogen functional groups attached to an aromatic ring is 1. The summed E-state index contributed by atoms with van der Waals surface area (Å²) in [5.74, 6) is 6.76. The molecule has 0 bridgehead atoms.